The highest BCUT2D eigenvalue weighted by Crippen LogP contribution is 2.26. The Balaban J connectivity index is 2.03. The number of hydrogen-bond acceptors (Lipinski definition) is 5. The minimum absolute atomic E-state index is 0.146. The van der Waals surface area contributed by atoms with Gasteiger partial charge in [0.05, 0.1) is 18.6 Å². The zero-order chi connectivity index (χ0) is 12.3. The molecule has 0 bridgehead atoms. The first-order valence-electron chi connectivity index (χ1n) is 5.64. The summed E-state index contributed by atoms with van der Waals surface area (Å²) in [5.74, 6) is -0.154. The standard InChI is InChI=1S/C12H15NO4/c1-2-16-11(14)9-8-17-10(13-9)7-12(15)5-3-4-6-12/h3,5,8,15H,2,4,6-7H2,1H3. The van der Waals surface area contributed by atoms with Crippen LogP contribution in [0.15, 0.2) is 22.8 Å². The van der Waals surface area contributed by atoms with E-state index in [0.717, 1.165) is 6.42 Å². The maximum atomic E-state index is 11.4. The number of allylic oxidation sites excluding steroid dienone is 1. The zero-order valence-corrected chi connectivity index (χ0v) is 9.68. The molecular weight excluding hydrogens is 222 g/mol. The van der Waals surface area contributed by atoms with Crippen LogP contribution in [-0.4, -0.2) is 28.3 Å². The van der Waals surface area contributed by atoms with Crippen molar-refractivity contribution in [1.82, 2.24) is 4.98 Å². The first kappa shape index (κ1) is 11.9. The van der Waals surface area contributed by atoms with Gasteiger partial charge < -0.3 is 14.3 Å². The number of carbonyl (C=O) groups excluding carboxylic acids is 1. The van der Waals surface area contributed by atoms with Gasteiger partial charge in [0.1, 0.15) is 6.26 Å². The Bertz CT molecular complexity index is 437. The zero-order valence-electron chi connectivity index (χ0n) is 9.68. The van der Waals surface area contributed by atoms with Crippen LogP contribution in [0.1, 0.15) is 36.1 Å². The van der Waals surface area contributed by atoms with Gasteiger partial charge in [-0.3, -0.25) is 0 Å². The Morgan fingerprint density at radius 3 is 3.18 bits per heavy atom. The number of ether oxygens (including phenoxy) is 1. The number of carbonyl (C=O) groups is 1. The molecule has 0 radical (unpaired) electrons. The van der Waals surface area contributed by atoms with Crippen molar-refractivity contribution in [3.63, 3.8) is 0 Å². The van der Waals surface area contributed by atoms with Gasteiger partial charge in [-0.05, 0) is 19.8 Å². The van der Waals surface area contributed by atoms with Crippen LogP contribution < -0.4 is 0 Å². The van der Waals surface area contributed by atoms with E-state index in [-0.39, 0.29) is 12.1 Å². The van der Waals surface area contributed by atoms with Gasteiger partial charge in [0.15, 0.2) is 11.6 Å². The second-order valence-electron chi connectivity index (χ2n) is 4.07. The van der Waals surface area contributed by atoms with Crippen molar-refractivity contribution in [3.8, 4) is 0 Å². The molecular formula is C12H15NO4. The highest BCUT2D eigenvalue weighted by molar-refractivity contribution is 5.86. The molecule has 1 aliphatic carbocycles. The van der Waals surface area contributed by atoms with Crippen molar-refractivity contribution >= 4 is 5.97 Å². The van der Waals surface area contributed by atoms with Crippen LogP contribution in [0.4, 0.5) is 0 Å². The molecule has 1 heterocycles. The van der Waals surface area contributed by atoms with Gasteiger partial charge in [0.25, 0.3) is 0 Å². The predicted octanol–water partition coefficient (Wildman–Crippen LogP) is 1.47. The molecule has 5 heteroatoms. The van der Waals surface area contributed by atoms with Crippen LogP contribution in [0.5, 0.6) is 0 Å². The van der Waals surface area contributed by atoms with Crippen molar-refractivity contribution < 1.29 is 19.1 Å². The molecule has 17 heavy (non-hydrogen) atoms. The van der Waals surface area contributed by atoms with Crippen LogP contribution in [0.25, 0.3) is 0 Å². The maximum Gasteiger partial charge on any atom is 0.360 e. The van der Waals surface area contributed by atoms with E-state index in [0.29, 0.717) is 18.9 Å². The van der Waals surface area contributed by atoms with Crippen LogP contribution in [0.2, 0.25) is 0 Å². The molecule has 1 N–H and O–H groups in total. The lowest BCUT2D eigenvalue weighted by Crippen LogP contribution is -2.26. The van der Waals surface area contributed by atoms with E-state index in [9.17, 15) is 9.90 Å². The third-order valence-electron chi connectivity index (χ3n) is 2.67. The molecule has 1 aromatic rings. The average molecular weight is 237 g/mol. The number of nitrogens with zero attached hydrogens (tertiary/aromatic N) is 1. The molecule has 92 valence electrons. The number of aromatic nitrogens is 1. The maximum absolute atomic E-state index is 11.4. The molecule has 0 aromatic carbocycles. The Labute approximate surface area is 99.1 Å². The molecule has 0 aliphatic heterocycles. The molecule has 1 aromatic heterocycles. The number of oxazole rings is 1. The van der Waals surface area contributed by atoms with Crippen LogP contribution >= 0.6 is 0 Å². The van der Waals surface area contributed by atoms with Crippen LogP contribution in [0.3, 0.4) is 0 Å². The lowest BCUT2D eigenvalue weighted by atomic mass is 10.00. The lowest BCUT2D eigenvalue weighted by Gasteiger charge is -2.17. The smallest absolute Gasteiger partial charge is 0.360 e. The van der Waals surface area contributed by atoms with Crippen LogP contribution in [-0.2, 0) is 11.2 Å². The number of esters is 1. The Morgan fingerprint density at radius 1 is 1.71 bits per heavy atom. The Hall–Kier alpha value is -1.62. The lowest BCUT2D eigenvalue weighted by molar-refractivity contribution is 0.0518. The summed E-state index contributed by atoms with van der Waals surface area (Å²) in [5, 5.41) is 10.1. The molecule has 0 amide bonds. The molecule has 0 spiro atoms. The monoisotopic (exact) mass is 237 g/mol. The molecule has 1 aliphatic rings. The second kappa shape index (κ2) is 4.71. The Kier molecular flexibility index (Phi) is 3.28. The first-order chi connectivity index (χ1) is 8.13. The topological polar surface area (TPSA) is 72.6 Å². The molecule has 0 fully saturated rings. The molecule has 1 atom stereocenters. The van der Waals surface area contributed by atoms with E-state index < -0.39 is 11.6 Å². The highest BCUT2D eigenvalue weighted by Gasteiger charge is 2.29. The first-order valence-corrected chi connectivity index (χ1v) is 5.64. The largest absolute Gasteiger partial charge is 0.461 e. The van der Waals surface area contributed by atoms with Gasteiger partial charge in [0.2, 0.25) is 0 Å². The van der Waals surface area contributed by atoms with Crippen LogP contribution in [0, 0.1) is 0 Å². The van der Waals surface area contributed by atoms with E-state index >= 15 is 0 Å². The molecule has 1 unspecified atom stereocenters. The predicted molar refractivity (Wildman–Crippen MR) is 59.5 cm³/mol. The Morgan fingerprint density at radius 2 is 2.53 bits per heavy atom. The highest BCUT2D eigenvalue weighted by atomic mass is 16.5. The fraction of sp³-hybridized carbons (Fsp3) is 0.500. The summed E-state index contributed by atoms with van der Waals surface area (Å²) in [5.41, 5.74) is -0.746. The van der Waals surface area contributed by atoms with Crippen molar-refractivity contribution in [2.75, 3.05) is 6.61 Å². The quantitative estimate of drug-likeness (QED) is 0.634. The van der Waals surface area contributed by atoms with Crippen molar-refractivity contribution in [2.24, 2.45) is 0 Å². The fourth-order valence-electron chi connectivity index (χ4n) is 1.82. The van der Waals surface area contributed by atoms with E-state index in [4.69, 9.17) is 9.15 Å². The summed E-state index contributed by atoms with van der Waals surface area (Å²) in [6.07, 6.45) is 6.72. The van der Waals surface area contributed by atoms with E-state index in [1.54, 1.807) is 13.0 Å². The fourth-order valence-corrected chi connectivity index (χ4v) is 1.82. The van der Waals surface area contributed by atoms with Gasteiger partial charge in [-0.25, -0.2) is 9.78 Å². The average Bonchev–Trinajstić information content (AvgIpc) is 2.89. The number of rotatable bonds is 4. The molecule has 0 saturated carbocycles. The van der Waals surface area contributed by atoms with Gasteiger partial charge in [-0.2, -0.15) is 0 Å². The van der Waals surface area contributed by atoms with Crippen molar-refractivity contribution in [1.29, 1.82) is 0 Å². The summed E-state index contributed by atoms with van der Waals surface area (Å²) < 4.78 is 9.95. The molecule has 2 rings (SSSR count). The van der Waals surface area contributed by atoms with Gasteiger partial charge in [-0.15, -0.1) is 0 Å². The third-order valence-corrected chi connectivity index (χ3v) is 2.67. The van der Waals surface area contributed by atoms with E-state index in [2.05, 4.69) is 4.98 Å². The van der Waals surface area contributed by atoms with Crippen molar-refractivity contribution in [2.45, 2.75) is 31.8 Å². The normalized spacial score (nSPS) is 22.9. The van der Waals surface area contributed by atoms with E-state index in [1.807, 2.05) is 6.08 Å². The van der Waals surface area contributed by atoms with Gasteiger partial charge >= 0.3 is 5.97 Å². The second-order valence-corrected chi connectivity index (χ2v) is 4.07. The molecule has 5 nitrogen and oxygen atoms in total. The number of aliphatic hydroxyl groups is 1. The minimum Gasteiger partial charge on any atom is -0.461 e. The summed E-state index contributed by atoms with van der Waals surface area (Å²) in [7, 11) is 0. The molecule has 0 saturated heterocycles. The van der Waals surface area contributed by atoms with Crippen molar-refractivity contribution in [3.05, 3.63) is 30.0 Å². The minimum atomic E-state index is -0.892. The summed E-state index contributed by atoms with van der Waals surface area (Å²) in [6.45, 7) is 2.03. The third kappa shape index (κ3) is 2.74. The van der Waals surface area contributed by atoms with Gasteiger partial charge in [0, 0.05) is 0 Å². The number of hydrogen-bond donors (Lipinski definition) is 1. The summed E-state index contributed by atoms with van der Waals surface area (Å²) in [4.78, 5) is 15.4. The SMILES string of the molecule is CCOC(=O)c1coc(CC2(O)C=CCC2)n1. The van der Waals surface area contributed by atoms with Gasteiger partial charge in [-0.1, -0.05) is 12.2 Å². The summed E-state index contributed by atoms with van der Waals surface area (Å²) in [6, 6.07) is 0. The van der Waals surface area contributed by atoms with E-state index in [1.165, 1.54) is 6.26 Å². The summed E-state index contributed by atoms with van der Waals surface area (Å²) >= 11 is 0.